The van der Waals surface area contributed by atoms with E-state index in [4.69, 9.17) is 16.3 Å². The lowest BCUT2D eigenvalue weighted by Crippen LogP contribution is -2.36. The van der Waals surface area contributed by atoms with E-state index in [2.05, 4.69) is 10.2 Å². The number of morpholine rings is 1. The number of halogens is 1. The maximum Gasteiger partial charge on any atom is 0.264 e. The fourth-order valence-corrected chi connectivity index (χ4v) is 4.97. The molecule has 1 heterocycles. The number of benzene rings is 3. The van der Waals surface area contributed by atoms with Crippen molar-refractivity contribution in [2.75, 3.05) is 47.9 Å². The molecule has 1 saturated heterocycles. The Morgan fingerprint density at radius 3 is 2.39 bits per heavy atom. The van der Waals surface area contributed by atoms with E-state index in [1.54, 1.807) is 36.4 Å². The second-order valence-corrected chi connectivity index (χ2v) is 9.99. The van der Waals surface area contributed by atoms with Crippen LogP contribution in [0.2, 0.25) is 5.02 Å². The van der Waals surface area contributed by atoms with Crippen LogP contribution in [0.5, 0.6) is 0 Å². The molecule has 0 saturated carbocycles. The Hall–Kier alpha value is -3.07. The van der Waals surface area contributed by atoms with Crippen LogP contribution in [-0.2, 0) is 14.8 Å². The van der Waals surface area contributed by atoms with E-state index < -0.39 is 15.9 Å². The quantitative estimate of drug-likeness (QED) is 0.564. The summed E-state index contributed by atoms with van der Waals surface area (Å²) < 4.78 is 32.7. The number of hydrogen-bond acceptors (Lipinski definition) is 5. The van der Waals surface area contributed by atoms with Crippen LogP contribution in [0, 0.1) is 0 Å². The van der Waals surface area contributed by atoms with Gasteiger partial charge in [-0.1, -0.05) is 23.7 Å². The van der Waals surface area contributed by atoms with E-state index in [0.717, 1.165) is 23.1 Å². The van der Waals surface area contributed by atoms with Crippen LogP contribution in [0.15, 0.2) is 77.7 Å². The van der Waals surface area contributed by atoms with Crippen molar-refractivity contribution in [3.05, 3.63) is 83.4 Å². The average Bonchev–Trinajstić information content (AvgIpc) is 2.84. The number of carbonyl (C=O) groups excluding carboxylic acids is 1. The summed E-state index contributed by atoms with van der Waals surface area (Å²) in [5.41, 5.74) is 2.36. The van der Waals surface area contributed by atoms with Gasteiger partial charge in [0, 0.05) is 42.1 Å². The van der Waals surface area contributed by atoms with E-state index in [1.807, 2.05) is 24.3 Å². The molecule has 7 nitrogen and oxygen atoms in total. The van der Waals surface area contributed by atoms with Crippen LogP contribution in [-0.4, -0.2) is 47.7 Å². The van der Waals surface area contributed by atoms with E-state index in [0.29, 0.717) is 29.6 Å². The predicted octanol–water partition coefficient (Wildman–Crippen LogP) is 4.25. The van der Waals surface area contributed by atoms with Gasteiger partial charge in [-0.2, -0.15) is 0 Å². The minimum absolute atomic E-state index is 0.0142. The van der Waals surface area contributed by atoms with Crippen molar-refractivity contribution in [3.8, 4) is 0 Å². The van der Waals surface area contributed by atoms with E-state index >= 15 is 0 Å². The van der Waals surface area contributed by atoms with Crippen molar-refractivity contribution >= 4 is 44.6 Å². The highest BCUT2D eigenvalue weighted by molar-refractivity contribution is 7.92. The smallest absolute Gasteiger partial charge is 0.264 e. The highest BCUT2D eigenvalue weighted by Gasteiger charge is 2.23. The number of hydrogen-bond donors (Lipinski definition) is 1. The van der Waals surface area contributed by atoms with Crippen LogP contribution in [0.4, 0.5) is 17.1 Å². The van der Waals surface area contributed by atoms with Crippen LogP contribution in [0.3, 0.4) is 0 Å². The summed E-state index contributed by atoms with van der Waals surface area (Å²) in [6.07, 6.45) is 0. The first-order valence-corrected chi connectivity index (χ1v) is 12.2. The molecule has 0 aromatic heterocycles. The second kappa shape index (κ2) is 9.82. The van der Waals surface area contributed by atoms with Crippen LogP contribution in [0.25, 0.3) is 0 Å². The van der Waals surface area contributed by atoms with Crippen molar-refractivity contribution in [1.29, 1.82) is 0 Å². The Morgan fingerprint density at radius 1 is 1.00 bits per heavy atom. The first kappa shape index (κ1) is 23.1. The zero-order valence-corrected chi connectivity index (χ0v) is 19.6. The highest BCUT2D eigenvalue weighted by atomic mass is 35.5. The van der Waals surface area contributed by atoms with Gasteiger partial charge >= 0.3 is 0 Å². The molecular weight excluding hydrogens is 462 g/mol. The number of anilines is 3. The summed E-state index contributed by atoms with van der Waals surface area (Å²) in [6.45, 7) is 3.06. The number of carbonyl (C=O) groups is 1. The van der Waals surface area contributed by atoms with Crippen molar-refractivity contribution in [1.82, 2.24) is 0 Å². The molecule has 0 aliphatic carbocycles. The first-order chi connectivity index (χ1) is 15.8. The Labute approximate surface area is 198 Å². The van der Waals surface area contributed by atoms with Crippen molar-refractivity contribution in [2.24, 2.45) is 0 Å². The highest BCUT2D eigenvalue weighted by Crippen LogP contribution is 2.25. The molecule has 0 atom stereocenters. The predicted molar refractivity (Wildman–Crippen MR) is 131 cm³/mol. The molecule has 3 aromatic rings. The Kier molecular flexibility index (Phi) is 6.88. The maximum absolute atomic E-state index is 13.1. The Balaban J connectivity index is 1.49. The number of nitrogens with one attached hydrogen (secondary N) is 1. The molecule has 0 bridgehead atoms. The molecule has 172 valence electrons. The summed E-state index contributed by atoms with van der Waals surface area (Å²) in [7, 11) is -2.43. The van der Waals surface area contributed by atoms with Gasteiger partial charge in [0.2, 0.25) is 0 Å². The molecule has 1 aliphatic heterocycles. The molecule has 0 unspecified atom stereocenters. The summed E-state index contributed by atoms with van der Waals surface area (Å²) >= 11 is 6.00. The third kappa shape index (κ3) is 5.30. The molecule has 4 rings (SSSR count). The summed E-state index contributed by atoms with van der Waals surface area (Å²) in [6, 6.07) is 20.1. The minimum atomic E-state index is -3.88. The third-order valence-electron chi connectivity index (χ3n) is 5.43. The molecular formula is C24H24ClN3O4S. The summed E-state index contributed by atoms with van der Waals surface area (Å²) in [5, 5.41) is 3.26. The van der Waals surface area contributed by atoms with Gasteiger partial charge in [-0.05, 0) is 60.7 Å². The largest absolute Gasteiger partial charge is 0.378 e. The number of rotatable bonds is 6. The van der Waals surface area contributed by atoms with Gasteiger partial charge in [0.1, 0.15) is 0 Å². The lowest BCUT2D eigenvalue weighted by molar-refractivity contribution is 0.102. The van der Waals surface area contributed by atoms with Gasteiger partial charge in [0.05, 0.1) is 23.8 Å². The number of nitrogens with zero attached hydrogens (tertiary/aromatic N) is 2. The SMILES string of the molecule is CN(c1cccc(Cl)c1)S(=O)(=O)c1cccc(C(=O)Nc2ccc(N3CCOCC3)cc2)c1. The molecule has 1 amide bonds. The fourth-order valence-electron chi connectivity index (χ4n) is 3.55. The number of amides is 1. The lowest BCUT2D eigenvalue weighted by Gasteiger charge is -2.28. The molecule has 9 heteroatoms. The third-order valence-corrected chi connectivity index (χ3v) is 7.44. The Morgan fingerprint density at radius 2 is 1.70 bits per heavy atom. The summed E-state index contributed by atoms with van der Waals surface area (Å²) in [4.78, 5) is 15.0. The first-order valence-electron chi connectivity index (χ1n) is 10.4. The molecule has 1 aliphatic rings. The Bertz CT molecular complexity index is 1240. The molecule has 1 N–H and O–H groups in total. The van der Waals surface area contributed by atoms with Gasteiger partial charge < -0.3 is 15.0 Å². The zero-order chi connectivity index (χ0) is 23.4. The van der Waals surface area contributed by atoms with Crippen LogP contribution >= 0.6 is 11.6 Å². The van der Waals surface area contributed by atoms with Crippen LogP contribution in [0.1, 0.15) is 10.4 Å². The maximum atomic E-state index is 13.1. The van der Waals surface area contributed by atoms with Crippen LogP contribution < -0.4 is 14.5 Å². The monoisotopic (exact) mass is 485 g/mol. The number of ether oxygens (including phenoxy) is 1. The molecule has 0 spiro atoms. The normalized spacial score (nSPS) is 14.1. The zero-order valence-electron chi connectivity index (χ0n) is 18.1. The van der Waals surface area contributed by atoms with Crippen molar-refractivity contribution in [3.63, 3.8) is 0 Å². The molecule has 1 fully saturated rings. The standard InChI is InChI=1S/C24H24ClN3O4S/c1-27(22-6-3-5-19(25)17-22)33(30,31)23-7-2-4-18(16-23)24(29)26-20-8-10-21(11-9-20)28-12-14-32-15-13-28/h2-11,16-17H,12-15H2,1H3,(H,26,29). The van der Waals surface area contributed by atoms with Gasteiger partial charge in [-0.15, -0.1) is 0 Å². The van der Waals surface area contributed by atoms with Gasteiger partial charge in [0.25, 0.3) is 15.9 Å². The molecule has 3 aromatic carbocycles. The van der Waals surface area contributed by atoms with E-state index in [1.165, 1.54) is 19.2 Å². The summed E-state index contributed by atoms with van der Waals surface area (Å²) in [5.74, 6) is -0.392. The second-order valence-electron chi connectivity index (χ2n) is 7.58. The average molecular weight is 486 g/mol. The van der Waals surface area contributed by atoms with E-state index in [-0.39, 0.29) is 10.5 Å². The van der Waals surface area contributed by atoms with E-state index in [9.17, 15) is 13.2 Å². The minimum Gasteiger partial charge on any atom is -0.378 e. The van der Waals surface area contributed by atoms with Gasteiger partial charge in [-0.25, -0.2) is 8.42 Å². The van der Waals surface area contributed by atoms with Crippen molar-refractivity contribution in [2.45, 2.75) is 4.90 Å². The van der Waals surface area contributed by atoms with Crippen molar-refractivity contribution < 1.29 is 17.9 Å². The van der Waals surface area contributed by atoms with Gasteiger partial charge in [0.15, 0.2) is 0 Å². The lowest BCUT2D eigenvalue weighted by atomic mass is 10.2. The number of sulfonamides is 1. The topological polar surface area (TPSA) is 79.0 Å². The van der Waals surface area contributed by atoms with Gasteiger partial charge in [-0.3, -0.25) is 9.10 Å². The molecule has 0 radical (unpaired) electrons. The molecule has 33 heavy (non-hydrogen) atoms. The fraction of sp³-hybridized carbons (Fsp3) is 0.208.